The van der Waals surface area contributed by atoms with E-state index in [9.17, 15) is 27.2 Å². The first-order valence-electron chi connectivity index (χ1n) is 12.7. The number of aromatic nitrogens is 7. The summed E-state index contributed by atoms with van der Waals surface area (Å²) in [6.07, 6.45) is -0.669. The molecule has 0 unspecified atom stereocenters. The van der Waals surface area contributed by atoms with E-state index < -0.39 is 46.8 Å². The number of carbonyl (C=O) groups excluding carboxylic acids is 2. The number of nitrogen functional groups attached to an aromatic ring is 1. The van der Waals surface area contributed by atoms with Crippen LogP contribution in [-0.2, 0) is 22.3 Å². The molecule has 0 fully saturated rings. The Bertz CT molecular complexity index is 1890. The van der Waals surface area contributed by atoms with Crippen LogP contribution in [0.4, 0.5) is 33.5 Å². The Morgan fingerprint density at radius 3 is 2.56 bits per heavy atom. The summed E-state index contributed by atoms with van der Waals surface area (Å²) in [5, 5.41) is 13.6. The molecule has 0 atom stereocenters. The number of methoxy groups -OCH3 is 1. The smallest absolute Gasteiger partial charge is 0.434 e. The maximum atomic E-state index is 15.1. The Hall–Kier alpha value is -5.94. The number of rotatable bonds is 9. The summed E-state index contributed by atoms with van der Waals surface area (Å²) in [5.74, 6) is -4.95. The predicted molar refractivity (Wildman–Crippen MR) is 145 cm³/mol. The molecular formula is C27H20F5N9O4. The number of hydrogen-bond acceptors (Lipinski definition) is 10. The molecule has 1 aromatic carbocycles. The molecule has 0 saturated heterocycles. The van der Waals surface area contributed by atoms with E-state index in [2.05, 4.69) is 35.4 Å². The Balaban J connectivity index is 1.37. The largest absolute Gasteiger partial charge is 0.469 e. The molecule has 0 aliphatic rings. The second-order valence-electron chi connectivity index (χ2n) is 9.09. The number of anilines is 2. The summed E-state index contributed by atoms with van der Waals surface area (Å²) in [6.45, 7) is 0.156. The van der Waals surface area contributed by atoms with Gasteiger partial charge < -0.3 is 20.5 Å². The van der Waals surface area contributed by atoms with Crippen molar-refractivity contribution in [3.8, 4) is 28.6 Å². The minimum absolute atomic E-state index is 0.0246. The van der Waals surface area contributed by atoms with Gasteiger partial charge in [0.2, 0.25) is 0 Å². The van der Waals surface area contributed by atoms with Crippen molar-refractivity contribution in [3.63, 3.8) is 0 Å². The maximum Gasteiger partial charge on any atom is 0.434 e. The minimum atomic E-state index is -5.13. The SMILES string of the molecule is COC(=O)CCn1cc(-c2c(Oc3ccc(NC(=O)c4cnn(-c5ncccc5F)c4C(F)(F)F)cc3F)ccnc2N)nn1. The van der Waals surface area contributed by atoms with Crippen molar-refractivity contribution in [2.75, 3.05) is 18.2 Å². The van der Waals surface area contributed by atoms with E-state index in [4.69, 9.17) is 10.5 Å². The van der Waals surface area contributed by atoms with E-state index in [1.807, 2.05) is 0 Å². The van der Waals surface area contributed by atoms with Gasteiger partial charge in [-0.25, -0.2) is 23.4 Å². The highest BCUT2D eigenvalue weighted by atomic mass is 19.4. The Morgan fingerprint density at radius 1 is 1.04 bits per heavy atom. The summed E-state index contributed by atoms with van der Waals surface area (Å²) < 4.78 is 83.0. The van der Waals surface area contributed by atoms with Crippen LogP contribution >= 0.6 is 0 Å². The van der Waals surface area contributed by atoms with Crippen LogP contribution in [0.1, 0.15) is 22.5 Å². The van der Waals surface area contributed by atoms with E-state index in [0.717, 1.165) is 24.4 Å². The van der Waals surface area contributed by atoms with E-state index in [1.54, 1.807) is 0 Å². The second kappa shape index (κ2) is 12.3. The molecule has 1 amide bonds. The van der Waals surface area contributed by atoms with Gasteiger partial charge in [-0.1, -0.05) is 5.21 Å². The van der Waals surface area contributed by atoms with Crippen LogP contribution in [0.15, 0.2) is 61.2 Å². The third-order valence-corrected chi connectivity index (χ3v) is 6.14. The number of hydrogen-bond donors (Lipinski definition) is 2. The van der Waals surface area contributed by atoms with Gasteiger partial charge in [-0.2, -0.15) is 18.3 Å². The predicted octanol–water partition coefficient (Wildman–Crippen LogP) is 4.41. The molecule has 0 radical (unpaired) electrons. The lowest BCUT2D eigenvalue weighted by Crippen LogP contribution is -2.21. The summed E-state index contributed by atoms with van der Waals surface area (Å²) in [6, 6.07) is 6.56. The molecule has 45 heavy (non-hydrogen) atoms. The normalized spacial score (nSPS) is 11.3. The molecular weight excluding hydrogens is 609 g/mol. The molecule has 13 nitrogen and oxygen atoms in total. The monoisotopic (exact) mass is 629 g/mol. The van der Waals surface area contributed by atoms with Crippen molar-refractivity contribution in [3.05, 3.63) is 84.1 Å². The lowest BCUT2D eigenvalue weighted by Gasteiger charge is -2.14. The number of carbonyl (C=O) groups is 2. The fraction of sp³-hybridized carbons (Fsp3) is 0.148. The maximum absolute atomic E-state index is 15.1. The zero-order valence-electron chi connectivity index (χ0n) is 22.9. The molecule has 0 aliphatic heterocycles. The van der Waals surface area contributed by atoms with Gasteiger partial charge in [0.1, 0.15) is 17.3 Å². The van der Waals surface area contributed by atoms with Gasteiger partial charge in [-0.15, -0.1) is 5.10 Å². The topological polar surface area (TPSA) is 165 Å². The molecule has 232 valence electrons. The molecule has 0 aliphatic carbocycles. The molecule has 0 saturated carbocycles. The highest BCUT2D eigenvalue weighted by Crippen LogP contribution is 2.37. The molecule has 0 bridgehead atoms. The molecule has 3 N–H and O–H groups in total. The highest BCUT2D eigenvalue weighted by molar-refractivity contribution is 6.05. The average molecular weight is 630 g/mol. The van der Waals surface area contributed by atoms with Gasteiger partial charge in [-0.3, -0.25) is 14.3 Å². The number of nitrogens with one attached hydrogen (secondary N) is 1. The molecule has 0 spiro atoms. The van der Waals surface area contributed by atoms with Crippen molar-refractivity contribution < 1.29 is 41.0 Å². The van der Waals surface area contributed by atoms with Gasteiger partial charge in [-0.05, 0) is 30.3 Å². The van der Waals surface area contributed by atoms with Crippen LogP contribution in [-0.4, -0.2) is 53.7 Å². The third-order valence-electron chi connectivity index (χ3n) is 6.14. The van der Waals surface area contributed by atoms with Gasteiger partial charge in [0.05, 0.1) is 43.6 Å². The lowest BCUT2D eigenvalue weighted by atomic mass is 10.1. The van der Waals surface area contributed by atoms with E-state index >= 15 is 4.39 Å². The first-order valence-corrected chi connectivity index (χ1v) is 12.7. The number of halogens is 5. The van der Waals surface area contributed by atoms with Crippen LogP contribution in [0.5, 0.6) is 11.5 Å². The molecule has 4 heterocycles. The van der Waals surface area contributed by atoms with Crippen molar-refractivity contribution >= 4 is 23.4 Å². The van der Waals surface area contributed by atoms with Gasteiger partial charge in [0.25, 0.3) is 5.91 Å². The van der Waals surface area contributed by atoms with Crippen LogP contribution < -0.4 is 15.8 Å². The summed E-state index contributed by atoms with van der Waals surface area (Å²) in [7, 11) is 1.25. The molecule has 5 aromatic rings. The molecule has 4 aromatic heterocycles. The quantitative estimate of drug-likeness (QED) is 0.176. The van der Waals surface area contributed by atoms with E-state index in [-0.39, 0.29) is 51.9 Å². The number of esters is 1. The Labute approximate surface area is 249 Å². The summed E-state index contributed by atoms with van der Waals surface area (Å²) in [4.78, 5) is 31.8. The van der Waals surface area contributed by atoms with Crippen LogP contribution in [0.2, 0.25) is 0 Å². The summed E-state index contributed by atoms with van der Waals surface area (Å²) >= 11 is 0. The van der Waals surface area contributed by atoms with Gasteiger partial charge in [0, 0.05) is 24.1 Å². The van der Waals surface area contributed by atoms with E-state index in [0.29, 0.717) is 6.20 Å². The number of aryl methyl sites for hydroxylation is 1. The Kier molecular flexibility index (Phi) is 8.37. The van der Waals surface area contributed by atoms with Gasteiger partial charge >= 0.3 is 12.1 Å². The first kappa shape index (κ1) is 30.5. The molecule has 18 heteroatoms. The molecule has 5 rings (SSSR count). The second-order valence-corrected chi connectivity index (χ2v) is 9.09. The average Bonchev–Trinajstić information content (AvgIpc) is 3.65. The van der Waals surface area contributed by atoms with Crippen LogP contribution in [0, 0.1) is 11.6 Å². The van der Waals surface area contributed by atoms with Crippen LogP contribution in [0.3, 0.4) is 0 Å². The van der Waals surface area contributed by atoms with Crippen molar-refractivity contribution in [1.29, 1.82) is 0 Å². The number of nitrogens with zero attached hydrogens (tertiary/aromatic N) is 7. The lowest BCUT2D eigenvalue weighted by molar-refractivity contribution is -0.143. The summed E-state index contributed by atoms with van der Waals surface area (Å²) in [5.41, 5.74) is 3.64. The van der Waals surface area contributed by atoms with E-state index in [1.165, 1.54) is 42.4 Å². The third kappa shape index (κ3) is 6.53. The van der Waals surface area contributed by atoms with Crippen molar-refractivity contribution in [1.82, 2.24) is 34.7 Å². The van der Waals surface area contributed by atoms with Gasteiger partial charge in [0.15, 0.2) is 28.9 Å². The Morgan fingerprint density at radius 2 is 1.84 bits per heavy atom. The highest BCUT2D eigenvalue weighted by Gasteiger charge is 2.41. The van der Waals surface area contributed by atoms with Crippen LogP contribution in [0.25, 0.3) is 17.1 Å². The standard InChI is InChI=1S/C27H20F5N9O4/c1-44-21(42)7-10-40-13-18(38-39-40)22-20(6-9-34-24(22)33)45-19-5-4-14(11-17(19)29)37-26(43)15-12-36-41(23(15)27(30,31)32)25-16(28)3-2-8-35-25/h2-6,8-9,11-13H,7,10H2,1H3,(H2,33,34)(H,37,43). The van der Waals surface area contributed by atoms with Crippen molar-refractivity contribution in [2.45, 2.75) is 19.1 Å². The number of amides is 1. The zero-order valence-corrected chi connectivity index (χ0v) is 22.9. The fourth-order valence-corrected chi connectivity index (χ4v) is 4.09. The minimum Gasteiger partial charge on any atom is -0.469 e. The fourth-order valence-electron chi connectivity index (χ4n) is 4.09. The number of alkyl halides is 3. The first-order chi connectivity index (χ1) is 21.5. The number of pyridine rings is 2. The van der Waals surface area contributed by atoms with Crippen molar-refractivity contribution in [2.24, 2.45) is 0 Å². The zero-order chi connectivity index (χ0) is 32.3. The number of ether oxygens (including phenoxy) is 2. The number of nitrogens with two attached hydrogens (primary N) is 1. The number of benzene rings is 1.